The zero-order valence-corrected chi connectivity index (χ0v) is 15.4. The van der Waals surface area contributed by atoms with Gasteiger partial charge < -0.3 is 24.8 Å². The Bertz CT molecular complexity index is 825. The van der Waals surface area contributed by atoms with E-state index in [0.29, 0.717) is 11.2 Å². The lowest BCUT2D eigenvalue weighted by molar-refractivity contribution is -0.100. The normalized spacial score (nSPS) is 28.0. The quantitative estimate of drug-likeness (QED) is 0.587. The van der Waals surface area contributed by atoms with Gasteiger partial charge in [-0.3, -0.25) is 5.32 Å². The van der Waals surface area contributed by atoms with E-state index in [0.717, 1.165) is 0 Å². The monoisotopic (exact) mass is 380 g/mol. The number of hydrogen-bond donors (Lipinski definition) is 4. The number of nitrogens with zero attached hydrogens (tertiary/aromatic N) is 3. The molecule has 3 heterocycles. The summed E-state index contributed by atoms with van der Waals surface area (Å²) in [7, 11) is 0. The number of aliphatic hydroxyl groups excluding tert-OH is 3. The van der Waals surface area contributed by atoms with E-state index in [2.05, 4.69) is 15.4 Å². The number of nitrogens with one attached hydrogen (secondary N) is 1. The van der Waals surface area contributed by atoms with Crippen LogP contribution in [0.1, 0.15) is 32.6 Å². The van der Waals surface area contributed by atoms with Gasteiger partial charge in [-0.25, -0.2) is 14.3 Å². The highest BCUT2D eigenvalue weighted by atomic mass is 16.6. The van der Waals surface area contributed by atoms with E-state index in [4.69, 9.17) is 9.47 Å². The van der Waals surface area contributed by atoms with Crippen molar-refractivity contribution < 1.29 is 29.6 Å². The molecule has 1 fully saturated rings. The Hall–Kier alpha value is -2.27. The fraction of sp³-hybridized carbons (Fsp3) is 0.588. The zero-order chi connectivity index (χ0) is 19.8. The number of anilines is 1. The van der Waals surface area contributed by atoms with E-state index in [9.17, 15) is 20.1 Å². The number of amides is 1. The molecule has 1 aliphatic rings. The number of fused-ring (bicyclic) bond motifs is 1. The van der Waals surface area contributed by atoms with E-state index in [-0.39, 0.29) is 18.3 Å². The third kappa shape index (κ3) is 3.61. The molecule has 4 N–H and O–H groups in total. The highest BCUT2D eigenvalue weighted by Crippen LogP contribution is 2.40. The van der Waals surface area contributed by atoms with Crippen LogP contribution in [-0.2, 0) is 9.47 Å². The minimum atomic E-state index is -1.29. The van der Waals surface area contributed by atoms with Crippen molar-refractivity contribution >= 4 is 17.4 Å². The highest BCUT2D eigenvalue weighted by Gasteiger charge is 2.52. The maximum absolute atomic E-state index is 11.9. The molecule has 148 valence electrons. The van der Waals surface area contributed by atoms with Gasteiger partial charge in [-0.1, -0.05) is 13.8 Å². The molecule has 1 saturated heterocycles. The molecule has 10 nitrogen and oxygen atoms in total. The first-order chi connectivity index (χ1) is 12.8. The summed E-state index contributed by atoms with van der Waals surface area (Å²) in [5, 5.41) is 36.7. The van der Waals surface area contributed by atoms with Crippen molar-refractivity contribution in [1.29, 1.82) is 0 Å². The number of carbonyl (C=O) groups excluding carboxylic acids is 1. The van der Waals surface area contributed by atoms with Crippen molar-refractivity contribution in [2.45, 2.75) is 44.7 Å². The molecule has 0 radical (unpaired) electrons. The van der Waals surface area contributed by atoms with Crippen LogP contribution in [0.4, 0.5) is 10.6 Å². The van der Waals surface area contributed by atoms with Gasteiger partial charge in [0.2, 0.25) is 0 Å². The fourth-order valence-electron chi connectivity index (χ4n) is 2.96. The summed E-state index contributed by atoms with van der Waals surface area (Å²) in [6.45, 7) is 5.20. The predicted molar refractivity (Wildman–Crippen MR) is 94.1 cm³/mol. The van der Waals surface area contributed by atoms with Gasteiger partial charge in [-0.2, -0.15) is 5.10 Å². The number of aromatic nitrogens is 3. The van der Waals surface area contributed by atoms with Gasteiger partial charge >= 0.3 is 6.09 Å². The smallest absolute Gasteiger partial charge is 0.412 e. The van der Waals surface area contributed by atoms with E-state index < -0.39 is 36.6 Å². The molecule has 0 saturated carbocycles. The van der Waals surface area contributed by atoms with Crippen molar-refractivity contribution in [2.24, 2.45) is 5.92 Å². The number of ether oxygens (including phenoxy) is 2. The molecule has 0 aliphatic carbocycles. The molecule has 27 heavy (non-hydrogen) atoms. The first kappa shape index (κ1) is 19.5. The third-order valence-electron chi connectivity index (χ3n) is 4.51. The standard InChI is InChI=1S/C17H24N4O6/c1-9(2)6-26-16(25)20-15-11-5-4-10(21(11)19-8-18-15)13-12(23)14(24)17(3,7-22)27-13/h4-5,8-9,12-14,22-24H,6-7H2,1-3H3,(H,18,19,20,25)/t12-,13-,14-,17+/m0/s1. The molecule has 10 heteroatoms. The van der Waals surface area contributed by atoms with Gasteiger partial charge in [0.25, 0.3) is 0 Å². The van der Waals surface area contributed by atoms with Crippen LogP contribution in [0.3, 0.4) is 0 Å². The van der Waals surface area contributed by atoms with Crippen molar-refractivity contribution in [3.63, 3.8) is 0 Å². The van der Waals surface area contributed by atoms with Gasteiger partial charge in [-0.05, 0) is 25.0 Å². The van der Waals surface area contributed by atoms with Crippen LogP contribution in [0.25, 0.3) is 5.52 Å². The van der Waals surface area contributed by atoms with Crippen LogP contribution in [-0.4, -0.2) is 67.0 Å². The topological polar surface area (TPSA) is 138 Å². The minimum Gasteiger partial charge on any atom is -0.449 e. The average Bonchev–Trinajstić information content (AvgIpc) is 3.16. The highest BCUT2D eigenvalue weighted by molar-refractivity contribution is 5.88. The maximum atomic E-state index is 11.9. The summed E-state index contributed by atoms with van der Waals surface area (Å²) in [6.07, 6.45) is -2.80. The SMILES string of the molecule is CC(C)COC(=O)Nc1ncnn2c([C@@H]3O[C@](C)(CO)[C@@H](O)[C@H]3O)ccc12. The van der Waals surface area contributed by atoms with Crippen LogP contribution in [0.2, 0.25) is 0 Å². The molecular weight excluding hydrogens is 356 g/mol. The van der Waals surface area contributed by atoms with Gasteiger partial charge in [0, 0.05) is 0 Å². The fourth-order valence-corrected chi connectivity index (χ4v) is 2.96. The Balaban J connectivity index is 1.87. The number of aliphatic hydroxyl groups is 3. The number of carbonyl (C=O) groups is 1. The van der Waals surface area contributed by atoms with Crippen LogP contribution < -0.4 is 5.32 Å². The third-order valence-corrected chi connectivity index (χ3v) is 4.51. The summed E-state index contributed by atoms with van der Waals surface area (Å²) in [5.74, 6) is 0.442. The Labute approximate surface area is 155 Å². The first-order valence-corrected chi connectivity index (χ1v) is 8.68. The second-order valence-electron chi connectivity index (χ2n) is 7.23. The maximum Gasteiger partial charge on any atom is 0.412 e. The van der Waals surface area contributed by atoms with Crippen molar-refractivity contribution in [2.75, 3.05) is 18.5 Å². The zero-order valence-electron chi connectivity index (χ0n) is 15.4. The lowest BCUT2D eigenvalue weighted by Crippen LogP contribution is -2.43. The molecule has 2 aromatic heterocycles. The second kappa shape index (κ2) is 7.39. The summed E-state index contributed by atoms with van der Waals surface area (Å²) in [4.78, 5) is 16.0. The van der Waals surface area contributed by atoms with Gasteiger partial charge in [-0.15, -0.1) is 0 Å². The van der Waals surface area contributed by atoms with Gasteiger partial charge in [0.1, 0.15) is 35.8 Å². The number of rotatable bonds is 5. The molecule has 3 rings (SSSR count). The van der Waals surface area contributed by atoms with Crippen LogP contribution in [0.5, 0.6) is 0 Å². The van der Waals surface area contributed by atoms with Crippen molar-refractivity contribution in [3.05, 3.63) is 24.2 Å². The largest absolute Gasteiger partial charge is 0.449 e. The molecule has 0 spiro atoms. The van der Waals surface area contributed by atoms with E-state index in [1.165, 1.54) is 17.8 Å². The van der Waals surface area contributed by atoms with Crippen LogP contribution in [0, 0.1) is 5.92 Å². The number of hydrogen-bond acceptors (Lipinski definition) is 8. The summed E-state index contributed by atoms with van der Waals surface area (Å²) in [6, 6.07) is 3.31. The van der Waals surface area contributed by atoms with Crippen molar-refractivity contribution in [3.8, 4) is 0 Å². The van der Waals surface area contributed by atoms with E-state index in [1.54, 1.807) is 12.1 Å². The summed E-state index contributed by atoms with van der Waals surface area (Å²) >= 11 is 0. The molecule has 4 atom stereocenters. The molecule has 1 aliphatic heterocycles. The average molecular weight is 380 g/mol. The van der Waals surface area contributed by atoms with Gasteiger partial charge in [0.05, 0.1) is 18.9 Å². The predicted octanol–water partition coefficient (Wildman–Crippen LogP) is 0.478. The Kier molecular flexibility index (Phi) is 5.33. The van der Waals surface area contributed by atoms with Crippen LogP contribution >= 0.6 is 0 Å². The molecule has 0 unspecified atom stereocenters. The van der Waals surface area contributed by atoms with E-state index in [1.807, 2.05) is 13.8 Å². The summed E-state index contributed by atoms with van der Waals surface area (Å²) in [5.41, 5.74) is -0.366. The minimum absolute atomic E-state index is 0.203. The lowest BCUT2D eigenvalue weighted by Gasteiger charge is -2.24. The second-order valence-corrected chi connectivity index (χ2v) is 7.23. The summed E-state index contributed by atoms with van der Waals surface area (Å²) < 4.78 is 12.3. The Morgan fingerprint density at radius 2 is 2.19 bits per heavy atom. The Morgan fingerprint density at radius 1 is 1.44 bits per heavy atom. The molecular formula is C17H24N4O6. The van der Waals surface area contributed by atoms with Gasteiger partial charge in [0.15, 0.2) is 5.82 Å². The van der Waals surface area contributed by atoms with Crippen molar-refractivity contribution in [1.82, 2.24) is 14.6 Å². The Morgan fingerprint density at radius 3 is 2.81 bits per heavy atom. The lowest BCUT2D eigenvalue weighted by atomic mass is 9.97. The molecule has 2 aromatic rings. The molecule has 0 bridgehead atoms. The molecule has 1 amide bonds. The molecule has 0 aromatic carbocycles. The van der Waals surface area contributed by atoms with E-state index >= 15 is 0 Å². The van der Waals surface area contributed by atoms with Crippen LogP contribution in [0.15, 0.2) is 18.5 Å². The first-order valence-electron chi connectivity index (χ1n) is 8.68.